The first-order valence-corrected chi connectivity index (χ1v) is 15.1. The molecule has 2 N–H and O–H groups in total. The summed E-state index contributed by atoms with van der Waals surface area (Å²) in [5.41, 5.74) is 11.6. The summed E-state index contributed by atoms with van der Waals surface area (Å²) in [6, 6.07) is 19.0. The number of rotatable bonds is 10. The van der Waals surface area contributed by atoms with Gasteiger partial charge < -0.3 is 20.4 Å². The molecule has 41 heavy (non-hydrogen) atoms. The number of nitrogens with two attached hydrogens (primary N) is 1. The molecule has 0 aliphatic carbocycles. The van der Waals surface area contributed by atoms with Gasteiger partial charge in [-0.15, -0.1) is 0 Å². The first-order chi connectivity index (χ1) is 19.9. The van der Waals surface area contributed by atoms with Crippen molar-refractivity contribution < 1.29 is 9.59 Å². The first-order valence-electron chi connectivity index (χ1n) is 15.1. The van der Waals surface area contributed by atoms with Crippen molar-refractivity contribution in [2.24, 2.45) is 5.73 Å². The largest absolute Gasteiger partial charge is 0.366 e. The molecule has 216 valence electrons. The molecule has 5 rings (SSSR count). The Balaban J connectivity index is 1.22. The maximum atomic E-state index is 13.0. The molecule has 1 aromatic heterocycles. The number of carbonyl (C=O) groups is 2. The fourth-order valence-electron chi connectivity index (χ4n) is 6.36. The molecule has 0 saturated carbocycles. The van der Waals surface area contributed by atoms with Crippen LogP contribution >= 0.6 is 0 Å². The number of nitrogens with zero attached hydrogens (tertiary/aromatic N) is 4. The fraction of sp³-hybridized carbons (Fsp3) is 0.441. The van der Waals surface area contributed by atoms with Gasteiger partial charge in [-0.05, 0) is 105 Å². The number of likely N-dealkylation sites (tertiary alicyclic amines) is 2. The van der Waals surface area contributed by atoms with E-state index in [1.807, 2.05) is 23.4 Å². The Bertz CT molecular complexity index is 1330. The van der Waals surface area contributed by atoms with Gasteiger partial charge in [0, 0.05) is 74.0 Å². The van der Waals surface area contributed by atoms with Crippen molar-refractivity contribution in [1.29, 1.82) is 0 Å². The van der Waals surface area contributed by atoms with Crippen LogP contribution < -0.4 is 10.6 Å². The monoisotopic (exact) mass is 553 g/mol. The average molecular weight is 554 g/mol. The highest BCUT2D eigenvalue weighted by Gasteiger charge is 2.28. The van der Waals surface area contributed by atoms with E-state index < -0.39 is 5.91 Å². The summed E-state index contributed by atoms with van der Waals surface area (Å²) in [4.78, 5) is 36.6. The van der Waals surface area contributed by atoms with Crippen LogP contribution in [0.1, 0.15) is 76.4 Å². The molecule has 2 saturated heterocycles. The quantitative estimate of drug-likeness (QED) is 0.372. The molecule has 3 aromatic rings. The van der Waals surface area contributed by atoms with Gasteiger partial charge in [0.2, 0.25) is 5.91 Å². The number of hydrogen-bond donors (Lipinski definition) is 1. The second kappa shape index (κ2) is 13.3. The van der Waals surface area contributed by atoms with E-state index in [-0.39, 0.29) is 5.91 Å². The molecule has 2 aromatic carbocycles. The zero-order valence-corrected chi connectivity index (χ0v) is 24.5. The lowest BCUT2D eigenvalue weighted by molar-refractivity contribution is 0.0792. The van der Waals surface area contributed by atoms with Crippen LogP contribution in [-0.4, -0.2) is 64.9 Å². The van der Waals surface area contributed by atoms with Crippen LogP contribution in [0, 0.1) is 6.92 Å². The standard InChI is InChI=1S/C34H43N5O2/c1-25-14-17-36-23-29(25)24-39(30-8-4-3-5-9-30)31-15-20-37(21-16-31)26(2)10-11-27-22-28(12-13-32(27)33(35)40)34(41)38-18-6-7-19-38/h3-5,8-9,12-14,17,22-23,26,31H,6-7,10-11,15-16,18-21,24H2,1-2H3,(H2,35,40)/t26-/m1/s1. The second-order valence-electron chi connectivity index (χ2n) is 11.7. The summed E-state index contributed by atoms with van der Waals surface area (Å²) in [5.74, 6) is -0.377. The lowest BCUT2D eigenvalue weighted by Gasteiger charge is -2.42. The Morgan fingerprint density at radius 2 is 1.73 bits per heavy atom. The Kier molecular flexibility index (Phi) is 9.35. The maximum absolute atomic E-state index is 13.0. The van der Waals surface area contributed by atoms with E-state index in [9.17, 15) is 9.59 Å². The third kappa shape index (κ3) is 6.96. The minimum absolute atomic E-state index is 0.0549. The molecular weight excluding hydrogens is 510 g/mol. The number of para-hydroxylation sites is 1. The molecule has 2 fully saturated rings. The lowest BCUT2D eigenvalue weighted by atomic mass is 9.95. The van der Waals surface area contributed by atoms with Crippen molar-refractivity contribution in [3.8, 4) is 0 Å². The number of pyridine rings is 1. The highest BCUT2D eigenvalue weighted by atomic mass is 16.2. The van der Waals surface area contributed by atoms with E-state index in [4.69, 9.17) is 5.73 Å². The van der Waals surface area contributed by atoms with Gasteiger partial charge in [0.25, 0.3) is 5.91 Å². The normalized spacial score (nSPS) is 17.0. The van der Waals surface area contributed by atoms with Crippen LogP contribution in [0.25, 0.3) is 0 Å². The van der Waals surface area contributed by atoms with Crippen LogP contribution in [0.4, 0.5) is 5.69 Å². The Labute approximate surface area is 244 Å². The van der Waals surface area contributed by atoms with E-state index in [1.54, 1.807) is 12.1 Å². The van der Waals surface area contributed by atoms with Gasteiger partial charge in [0.1, 0.15) is 0 Å². The second-order valence-corrected chi connectivity index (χ2v) is 11.7. The summed E-state index contributed by atoms with van der Waals surface area (Å²) in [7, 11) is 0. The number of benzene rings is 2. The van der Waals surface area contributed by atoms with E-state index in [2.05, 4.69) is 65.0 Å². The van der Waals surface area contributed by atoms with Crippen molar-refractivity contribution in [2.75, 3.05) is 31.1 Å². The minimum atomic E-state index is -0.432. The zero-order valence-electron chi connectivity index (χ0n) is 24.5. The highest BCUT2D eigenvalue weighted by molar-refractivity contribution is 5.98. The van der Waals surface area contributed by atoms with Crippen molar-refractivity contribution >= 4 is 17.5 Å². The number of primary amides is 1. The van der Waals surface area contributed by atoms with Crippen LogP contribution in [-0.2, 0) is 13.0 Å². The first kappa shape index (κ1) is 28.8. The van der Waals surface area contributed by atoms with Crippen LogP contribution in [0.3, 0.4) is 0 Å². The molecule has 7 nitrogen and oxygen atoms in total. The van der Waals surface area contributed by atoms with Gasteiger partial charge in [-0.1, -0.05) is 18.2 Å². The molecule has 2 amide bonds. The predicted octanol–water partition coefficient (Wildman–Crippen LogP) is 5.22. The van der Waals surface area contributed by atoms with Crippen LogP contribution in [0.5, 0.6) is 0 Å². The van der Waals surface area contributed by atoms with Gasteiger partial charge in [0.15, 0.2) is 0 Å². The Morgan fingerprint density at radius 1 is 1.00 bits per heavy atom. The number of aryl methyl sites for hydroxylation is 2. The minimum Gasteiger partial charge on any atom is -0.366 e. The summed E-state index contributed by atoms with van der Waals surface area (Å²) in [6.45, 7) is 8.95. The van der Waals surface area contributed by atoms with Gasteiger partial charge in [0.05, 0.1) is 0 Å². The number of hydrogen-bond acceptors (Lipinski definition) is 5. The predicted molar refractivity (Wildman–Crippen MR) is 164 cm³/mol. The molecule has 0 bridgehead atoms. The van der Waals surface area contributed by atoms with Crippen LogP contribution in [0.2, 0.25) is 0 Å². The molecule has 0 spiro atoms. The van der Waals surface area contributed by atoms with Gasteiger partial charge in [-0.3, -0.25) is 14.6 Å². The van der Waals surface area contributed by atoms with E-state index in [1.165, 1.54) is 16.8 Å². The number of anilines is 1. The molecule has 2 aliphatic heterocycles. The SMILES string of the molecule is Cc1ccncc1CN(c1ccccc1)C1CCN([C@H](C)CCc2cc(C(=O)N3CCCC3)ccc2C(N)=O)CC1. The molecular formula is C34H43N5O2. The summed E-state index contributed by atoms with van der Waals surface area (Å²) in [6.07, 6.45) is 9.77. The van der Waals surface area contributed by atoms with Gasteiger partial charge >= 0.3 is 0 Å². The fourth-order valence-corrected chi connectivity index (χ4v) is 6.36. The third-order valence-electron chi connectivity index (χ3n) is 8.98. The molecule has 0 unspecified atom stereocenters. The Morgan fingerprint density at radius 3 is 2.41 bits per heavy atom. The van der Waals surface area contributed by atoms with E-state index >= 15 is 0 Å². The van der Waals surface area contributed by atoms with Crippen molar-refractivity contribution in [2.45, 2.75) is 71.0 Å². The third-order valence-corrected chi connectivity index (χ3v) is 8.98. The molecule has 2 aliphatic rings. The van der Waals surface area contributed by atoms with Crippen LogP contribution in [0.15, 0.2) is 67.0 Å². The molecule has 1 atom stereocenters. The summed E-state index contributed by atoms with van der Waals surface area (Å²) >= 11 is 0. The van der Waals surface area contributed by atoms with Crippen molar-refractivity contribution in [3.63, 3.8) is 0 Å². The van der Waals surface area contributed by atoms with E-state index in [0.717, 1.165) is 76.8 Å². The molecule has 3 heterocycles. The highest BCUT2D eigenvalue weighted by Crippen LogP contribution is 2.28. The number of amides is 2. The number of carbonyl (C=O) groups excluding carboxylic acids is 2. The van der Waals surface area contributed by atoms with E-state index in [0.29, 0.717) is 23.2 Å². The molecule has 7 heteroatoms. The average Bonchev–Trinajstić information content (AvgIpc) is 3.55. The van der Waals surface area contributed by atoms with Crippen molar-refractivity contribution in [3.05, 3.63) is 94.8 Å². The summed E-state index contributed by atoms with van der Waals surface area (Å²) < 4.78 is 0. The van der Waals surface area contributed by atoms with Crippen molar-refractivity contribution in [1.82, 2.24) is 14.8 Å². The topological polar surface area (TPSA) is 82.8 Å². The van der Waals surface area contributed by atoms with Gasteiger partial charge in [-0.2, -0.15) is 0 Å². The number of piperidine rings is 1. The van der Waals surface area contributed by atoms with Gasteiger partial charge in [-0.25, -0.2) is 0 Å². The smallest absolute Gasteiger partial charge is 0.253 e. The summed E-state index contributed by atoms with van der Waals surface area (Å²) in [5, 5.41) is 0. The molecule has 0 radical (unpaired) electrons. The maximum Gasteiger partial charge on any atom is 0.253 e. The number of aromatic nitrogens is 1. The Hall–Kier alpha value is -3.71. The zero-order chi connectivity index (χ0) is 28.8. The lowest BCUT2D eigenvalue weighted by Crippen LogP contribution is -2.47.